The van der Waals surface area contributed by atoms with Crippen LogP contribution in [0.15, 0.2) is 12.3 Å². The summed E-state index contributed by atoms with van der Waals surface area (Å²) in [4.78, 5) is 0. The van der Waals surface area contributed by atoms with E-state index in [1.54, 1.807) is 0 Å². The second-order valence-corrected chi connectivity index (χ2v) is 2.77. The fraction of sp³-hybridized carbons (Fsp3) is 0.429. The highest BCUT2D eigenvalue weighted by molar-refractivity contribution is 7.71. The quantitative estimate of drug-likeness (QED) is 0.399. The predicted octanol–water partition coefficient (Wildman–Crippen LogP) is 0.888. The number of aromatic nitrogens is 2. The van der Waals surface area contributed by atoms with Crippen LogP contribution in [0.5, 0.6) is 0 Å². The molecule has 0 aromatic carbocycles. The summed E-state index contributed by atoms with van der Waals surface area (Å²) in [5.74, 6) is 0. The molecule has 0 radical (unpaired) electrons. The molecule has 0 aliphatic carbocycles. The Hall–Kier alpha value is -0.700. The molecule has 3 heteroatoms. The summed E-state index contributed by atoms with van der Waals surface area (Å²) in [5, 5.41) is 0. The third-order valence-electron chi connectivity index (χ3n) is 1.66. The Bertz CT molecular complexity index is 301. The molecule has 1 aromatic rings. The lowest BCUT2D eigenvalue weighted by Gasteiger charge is -1.97. The molecule has 10 heavy (non-hydrogen) atoms. The van der Waals surface area contributed by atoms with E-state index >= 15 is 0 Å². The van der Waals surface area contributed by atoms with Crippen LogP contribution in [0.2, 0.25) is 0 Å². The number of aryl methyl sites for hydroxylation is 2. The Morgan fingerprint density at radius 2 is 2.20 bits per heavy atom. The summed E-state index contributed by atoms with van der Waals surface area (Å²) >= 11 is 5.11. The van der Waals surface area contributed by atoms with Gasteiger partial charge in [0.25, 0.3) is 0 Å². The van der Waals surface area contributed by atoms with E-state index in [1.807, 2.05) is 42.4 Å². The third-order valence-corrected chi connectivity index (χ3v) is 2.22. The van der Waals surface area contributed by atoms with Gasteiger partial charge in [-0.3, -0.25) is 0 Å². The van der Waals surface area contributed by atoms with Crippen LogP contribution in [-0.4, -0.2) is 4.57 Å². The molecule has 0 aliphatic rings. The van der Waals surface area contributed by atoms with E-state index in [2.05, 4.69) is 0 Å². The number of nitrogens with zero attached hydrogens (tertiary/aromatic N) is 2. The molecular formula is C7H11N2S+. The van der Waals surface area contributed by atoms with Gasteiger partial charge in [0, 0.05) is 18.3 Å². The topological polar surface area (TPSA) is 8.81 Å². The van der Waals surface area contributed by atoms with Crippen LogP contribution in [0, 0.1) is 11.7 Å². The molecule has 54 valence electrons. The molecule has 1 aromatic heterocycles. The second kappa shape index (κ2) is 2.50. The van der Waals surface area contributed by atoms with Crippen molar-refractivity contribution in [2.75, 3.05) is 0 Å². The molecule has 0 saturated carbocycles. The number of hydrogen-bond donors (Lipinski definition) is 0. The van der Waals surface area contributed by atoms with E-state index in [0.717, 1.165) is 4.77 Å². The third kappa shape index (κ3) is 1.09. The Morgan fingerprint density at radius 1 is 1.60 bits per heavy atom. The van der Waals surface area contributed by atoms with Gasteiger partial charge in [-0.1, -0.05) is 0 Å². The molecule has 0 N–H and O–H groups in total. The van der Waals surface area contributed by atoms with Crippen molar-refractivity contribution >= 4 is 12.2 Å². The maximum Gasteiger partial charge on any atom is 0.350 e. The van der Waals surface area contributed by atoms with Crippen molar-refractivity contribution in [2.45, 2.75) is 6.92 Å². The van der Waals surface area contributed by atoms with E-state index in [-0.39, 0.29) is 0 Å². The van der Waals surface area contributed by atoms with E-state index in [0.29, 0.717) is 0 Å². The molecule has 1 rings (SSSR count). The fourth-order valence-corrected chi connectivity index (χ4v) is 0.988. The maximum atomic E-state index is 5.11. The standard InChI is InChI=1S/C7H11N2S/c1-6-4-5-8(2)7(10)9(6)3/h4-5H,1-3H3/q+1. The first-order valence-electron chi connectivity index (χ1n) is 3.15. The molecular weight excluding hydrogens is 144 g/mol. The highest BCUT2D eigenvalue weighted by Crippen LogP contribution is 1.87. The van der Waals surface area contributed by atoms with Gasteiger partial charge in [-0.05, 0) is 6.92 Å². The SMILES string of the molecule is Cc1ccn(C)c(=S)[n+]1C. The van der Waals surface area contributed by atoms with E-state index in [4.69, 9.17) is 12.2 Å². The van der Waals surface area contributed by atoms with Crippen molar-refractivity contribution in [1.82, 2.24) is 4.57 Å². The van der Waals surface area contributed by atoms with Gasteiger partial charge >= 0.3 is 4.77 Å². The van der Waals surface area contributed by atoms with Crippen molar-refractivity contribution in [1.29, 1.82) is 0 Å². The molecule has 0 saturated heterocycles. The lowest BCUT2D eigenvalue weighted by molar-refractivity contribution is -0.688. The minimum absolute atomic E-state index is 0.847. The Morgan fingerprint density at radius 3 is 2.70 bits per heavy atom. The zero-order valence-corrected chi connectivity index (χ0v) is 7.27. The normalized spacial score (nSPS) is 9.90. The summed E-state index contributed by atoms with van der Waals surface area (Å²) in [7, 11) is 3.92. The Labute approximate surface area is 65.7 Å². The van der Waals surface area contributed by atoms with Gasteiger partial charge in [-0.25, -0.2) is 9.13 Å². The zero-order chi connectivity index (χ0) is 7.72. The van der Waals surface area contributed by atoms with Crippen LogP contribution in [0.4, 0.5) is 0 Å². The summed E-state index contributed by atoms with van der Waals surface area (Å²) in [5.41, 5.74) is 1.18. The van der Waals surface area contributed by atoms with E-state index < -0.39 is 0 Å². The van der Waals surface area contributed by atoms with E-state index in [1.165, 1.54) is 5.69 Å². The maximum absolute atomic E-state index is 5.11. The van der Waals surface area contributed by atoms with Crippen molar-refractivity contribution in [3.8, 4) is 0 Å². The summed E-state index contributed by atoms with van der Waals surface area (Å²) in [6.45, 7) is 2.04. The summed E-state index contributed by atoms with van der Waals surface area (Å²) < 4.78 is 4.75. The first-order chi connectivity index (χ1) is 4.63. The molecule has 1 heterocycles. The zero-order valence-electron chi connectivity index (χ0n) is 6.46. The number of hydrogen-bond acceptors (Lipinski definition) is 1. The monoisotopic (exact) mass is 155 g/mol. The van der Waals surface area contributed by atoms with Gasteiger partial charge in [0.1, 0.15) is 5.69 Å². The molecule has 0 amide bonds. The van der Waals surface area contributed by atoms with Crippen LogP contribution in [0.3, 0.4) is 0 Å². The average molecular weight is 155 g/mol. The van der Waals surface area contributed by atoms with Gasteiger partial charge in [-0.15, -0.1) is 0 Å². The summed E-state index contributed by atoms with van der Waals surface area (Å²) in [6, 6.07) is 2.04. The van der Waals surface area contributed by atoms with Gasteiger partial charge in [0.15, 0.2) is 0 Å². The van der Waals surface area contributed by atoms with Gasteiger partial charge < -0.3 is 0 Å². The summed E-state index contributed by atoms with van der Waals surface area (Å²) in [6.07, 6.45) is 1.97. The van der Waals surface area contributed by atoms with E-state index in [9.17, 15) is 0 Å². The van der Waals surface area contributed by atoms with Crippen LogP contribution in [-0.2, 0) is 14.1 Å². The number of rotatable bonds is 0. The van der Waals surface area contributed by atoms with Crippen molar-refractivity contribution in [2.24, 2.45) is 14.1 Å². The Balaban J connectivity index is 3.50. The van der Waals surface area contributed by atoms with Crippen molar-refractivity contribution in [3.05, 3.63) is 22.7 Å². The van der Waals surface area contributed by atoms with Crippen LogP contribution < -0.4 is 4.57 Å². The Kier molecular flexibility index (Phi) is 1.85. The molecule has 0 unspecified atom stereocenters. The average Bonchev–Trinajstić information content (AvgIpc) is 1.93. The van der Waals surface area contributed by atoms with Crippen molar-refractivity contribution in [3.63, 3.8) is 0 Å². The highest BCUT2D eigenvalue weighted by Gasteiger charge is 2.00. The molecule has 0 aliphatic heterocycles. The lowest BCUT2D eigenvalue weighted by atomic mass is 10.4. The second-order valence-electron chi connectivity index (χ2n) is 2.41. The van der Waals surface area contributed by atoms with Gasteiger partial charge in [0.05, 0.1) is 20.3 Å². The van der Waals surface area contributed by atoms with Crippen LogP contribution in [0.25, 0.3) is 0 Å². The predicted molar refractivity (Wildman–Crippen MR) is 42.2 cm³/mol. The first-order valence-corrected chi connectivity index (χ1v) is 3.56. The largest absolute Gasteiger partial charge is 0.350 e. The molecule has 0 fully saturated rings. The molecule has 0 bridgehead atoms. The smallest absolute Gasteiger partial charge is 0.227 e. The highest BCUT2D eigenvalue weighted by atomic mass is 32.1. The van der Waals surface area contributed by atoms with Crippen molar-refractivity contribution < 1.29 is 4.57 Å². The molecule has 0 atom stereocenters. The first kappa shape index (κ1) is 7.41. The van der Waals surface area contributed by atoms with Crippen LogP contribution in [0.1, 0.15) is 5.69 Å². The minimum atomic E-state index is 0.847. The molecule has 2 nitrogen and oxygen atoms in total. The van der Waals surface area contributed by atoms with Crippen LogP contribution >= 0.6 is 12.2 Å². The molecule has 0 spiro atoms. The van der Waals surface area contributed by atoms with Gasteiger partial charge in [0.2, 0.25) is 0 Å². The fourth-order valence-electron chi connectivity index (χ4n) is 0.783. The van der Waals surface area contributed by atoms with Gasteiger partial charge in [-0.2, -0.15) is 0 Å². The lowest BCUT2D eigenvalue weighted by Crippen LogP contribution is -2.35. The minimum Gasteiger partial charge on any atom is -0.227 e.